The van der Waals surface area contributed by atoms with Crippen molar-refractivity contribution in [1.29, 1.82) is 0 Å². The molecule has 0 aliphatic heterocycles. The second kappa shape index (κ2) is 3.55. The third-order valence-corrected chi connectivity index (χ3v) is 2.64. The largest absolute Gasteiger partial charge is 0.375 e. The van der Waals surface area contributed by atoms with Gasteiger partial charge >= 0.3 is 0 Å². The number of nitrogens with two attached hydrogens (primary N) is 1. The molecule has 2 rings (SSSR count). The van der Waals surface area contributed by atoms with Gasteiger partial charge in [0.05, 0.1) is 5.69 Å². The highest BCUT2D eigenvalue weighted by molar-refractivity contribution is 7.13. The van der Waals surface area contributed by atoms with E-state index in [1.54, 1.807) is 5.38 Å². The minimum Gasteiger partial charge on any atom is -0.375 e. The van der Waals surface area contributed by atoms with Crippen LogP contribution in [0.15, 0.2) is 23.6 Å². The quantitative estimate of drug-likeness (QED) is 0.814. The zero-order valence-corrected chi connectivity index (χ0v) is 8.57. The number of thiazole rings is 1. The summed E-state index contributed by atoms with van der Waals surface area (Å²) < 4.78 is 13.3. The van der Waals surface area contributed by atoms with Gasteiger partial charge in [0.2, 0.25) is 0 Å². The van der Waals surface area contributed by atoms with Gasteiger partial charge in [-0.05, 0) is 18.2 Å². The Bertz CT molecular complexity index is 470. The van der Waals surface area contributed by atoms with Gasteiger partial charge in [-0.1, -0.05) is 11.6 Å². The lowest BCUT2D eigenvalue weighted by atomic mass is 10.1. The summed E-state index contributed by atoms with van der Waals surface area (Å²) in [5, 5.41) is 2.59. The summed E-state index contributed by atoms with van der Waals surface area (Å²) in [7, 11) is 0. The molecule has 5 heteroatoms. The van der Waals surface area contributed by atoms with E-state index in [0.717, 1.165) is 0 Å². The van der Waals surface area contributed by atoms with Crippen LogP contribution in [0.4, 0.5) is 9.52 Å². The highest BCUT2D eigenvalue weighted by atomic mass is 35.5. The third kappa shape index (κ3) is 1.71. The fourth-order valence-electron chi connectivity index (χ4n) is 1.11. The minimum atomic E-state index is -0.347. The highest BCUT2D eigenvalue weighted by Crippen LogP contribution is 2.27. The van der Waals surface area contributed by atoms with E-state index in [2.05, 4.69) is 4.98 Å². The van der Waals surface area contributed by atoms with Crippen LogP contribution in [0.5, 0.6) is 0 Å². The average Bonchev–Trinajstić information content (AvgIpc) is 2.56. The predicted molar refractivity (Wildman–Crippen MR) is 56.9 cm³/mol. The molecule has 72 valence electrons. The number of rotatable bonds is 1. The fraction of sp³-hybridized carbons (Fsp3) is 0. The van der Waals surface area contributed by atoms with Crippen LogP contribution in [-0.2, 0) is 0 Å². The van der Waals surface area contributed by atoms with Crippen LogP contribution in [0, 0.1) is 5.82 Å². The first-order valence-corrected chi connectivity index (χ1v) is 5.09. The number of hydrogen-bond donors (Lipinski definition) is 1. The number of nitrogens with zero attached hydrogens (tertiary/aromatic N) is 1. The molecule has 1 aromatic carbocycles. The van der Waals surface area contributed by atoms with Gasteiger partial charge in [0.25, 0.3) is 0 Å². The molecule has 0 amide bonds. The number of nitrogen functional groups attached to an aromatic ring is 1. The van der Waals surface area contributed by atoms with E-state index in [0.29, 0.717) is 21.4 Å². The van der Waals surface area contributed by atoms with Crippen molar-refractivity contribution in [3.8, 4) is 11.3 Å². The zero-order valence-electron chi connectivity index (χ0n) is 7.00. The standard InChI is InChI=1S/C9H6ClFN2S/c10-5-1-2-7(11)6(3-5)8-4-14-9(12)13-8/h1-4H,(H2,12,13). The molecule has 0 saturated heterocycles. The van der Waals surface area contributed by atoms with E-state index in [1.165, 1.54) is 29.5 Å². The summed E-state index contributed by atoms with van der Waals surface area (Å²) in [6.45, 7) is 0. The van der Waals surface area contributed by atoms with Gasteiger partial charge in [0.1, 0.15) is 5.82 Å². The molecule has 0 unspecified atom stereocenters. The fourth-order valence-corrected chi connectivity index (χ4v) is 1.84. The van der Waals surface area contributed by atoms with E-state index in [4.69, 9.17) is 17.3 Å². The van der Waals surface area contributed by atoms with Crippen molar-refractivity contribution in [1.82, 2.24) is 4.98 Å². The van der Waals surface area contributed by atoms with Crippen LogP contribution >= 0.6 is 22.9 Å². The van der Waals surface area contributed by atoms with Crippen LogP contribution in [0.1, 0.15) is 0 Å². The lowest BCUT2D eigenvalue weighted by molar-refractivity contribution is 0.631. The molecule has 1 heterocycles. The number of halogens is 2. The Morgan fingerprint density at radius 2 is 2.21 bits per heavy atom. The van der Waals surface area contributed by atoms with Crippen molar-refractivity contribution >= 4 is 28.1 Å². The van der Waals surface area contributed by atoms with Crippen molar-refractivity contribution in [2.45, 2.75) is 0 Å². The molecule has 0 radical (unpaired) electrons. The topological polar surface area (TPSA) is 38.9 Å². The molecule has 0 saturated carbocycles. The number of hydrogen-bond acceptors (Lipinski definition) is 3. The lowest BCUT2D eigenvalue weighted by Gasteiger charge is -1.99. The summed E-state index contributed by atoms with van der Waals surface area (Å²) in [6.07, 6.45) is 0. The van der Waals surface area contributed by atoms with Gasteiger partial charge < -0.3 is 5.73 Å². The Morgan fingerprint density at radius 3 is 2.86 bits per heavy atom. The summed E-state index contributed by atoms with van der Waals surface area (Å²) in [4.78, 5) is 3.98. The van der Waals surface area contributed by atoms with Crippen molar-refractivity contribution in [2.75, 3.05) is 5.73 Å². The normalized spacial score (nSPS) is 10.4. The molecule has 0 fully saturated rings. The van der Waals surface area contributed by atoms with Crippen molar-refractivity contribution < 1.29 is 4.39 Å². The molecule has 14 heavy (non-hydrogen) atoms. The number of anilines is 1. The summed E-state index contributed by atoms with van der Waals surface area (Å²) in [5.41, 5.74) is 6.36. The van der Waals surface area contributed by atoms with Gasteiger partial charge in [-0.3, -0.25) is 0 Å². The Kier molecular flexibility index (Phi) is 2.39. The van der Waals surface area contributed by atoms with Gasteiger partial charge in [0.15, 0.2) is 5.13 Å². The van der Waals surface area contributed by atoms with Crippen LogP contribution < -0.4 is 5.73 Å². The molecule has 0 aliphatic rings. The van der Waals surface area contributed by atoms with Crippen LogP contribution in [0.25, 0.3) is 11.3 Å². The second-order valence-corrected chi connectivity index (χ2v) is 4.02. The van der Waals surface area contributed by atoms with E-state index < -0.39 is 0 Å². The Labute approximate surface area is 89.2 Å². The molecular formula is C9H6ClFN2S. The van der Waals surface area contributed by atoms with Crippen molar-refractivity contribution in [3.63, 3.8) is 0 Å². The maximum Gasteiger partial charge on any atom is 0.180 e. The van der Waals surface area contributed by atoms with E-state index >= 15 is 0 Å². The Morgan fingerprint density at radius 1 is 1.43 bits per heavy atom. The molecule has 0 spiro atoms. The van der Waals surface area contributed by atoms with Gasteiger partial charge in [-0.15, -0.1) is 11.3 Å². The molecule has 0 aliphatic carbocycles. The number of benzene rings is 1. The summed E-state index contributed by atoms with van der Waals surface area (Å²) in [5.74, 6) is -0.347. The molecule has 2 N–H and O–H groups in total. The molecule has 2 nitrogen and oxygen atoms in total. The zero-order chi connectivity index (χ0) is 10.1. The minimum absolute atomic E-state index is 0.347. The van der Waals surface area contributed by atoms with Crippen LogP contribution in [0.3, 0.4) is 0 Å². The number of aromatic nitrogens is 1. The molecule has 2 aromatic rings. The third-order valence-electron chi connectivity index (χ3n) is 1.73. The van der Waals surface area contributed by atoms with Gasteiger partial charge in [-0.25, -0.2) is 9.37 Å². The maximum atomic E-state index is 13.3. The first-order chi connectivity index (χ1) is 6.66. The Hall–Kier alpha value is -1.13. The summed E-state index contributed by atoms with van der Waals surface area (Å²) >= 11 is 7.02. The van der Waals surface area contributed by atoms with Gasteiger partial charge in [-0.2, -0.15) is 0 Å². The maximum absolute atomic E-state index is 13.3. The highest BCUT2D eigenvalue weighted by Gasteiger charge is 2.08. The summed E-state index contributed by atoms with van der Waals surface area (Å²) in [6, 6.07) is 4.34. The smallest absolute Gasteiger partial charge is 0.180 e. The molecular weight excluding hydrogens is 223 g/mol. The monoisotopic (exact) mass is 228 g/mol. The van der Waals surface area contributed by atoms with Crippen molar-refractivity contribution in [2.24, 2.45) is 0 Å². The van der Waals surface area contributed by atoms with Gasteiger partial charge in [0, 0.05) is 16.0 Å². The SMILES string of the molecule is Nc1nc(-c2cc(Cl)ccc2F)cs1. The van der Waals surface area contributed by atoms with Crippen molar-refractivity contribution in [3.05, 3.63) is 34.4 Å². The Balaban J connectivity index is 2.55. The molecule has 0 bridgehead atoms. The van der Waals surface area contributed by atoms with E-state index in [1.807, 2.05) is 0 Å². The molecule has 1 aromatic heterocycles. The lowest BCUT2D eigenvalue weighted by Crippen LogP contribution is -1.86. The predicted octanol–water partition coefficient (Wildman–Crippen LogP) is 3.18. The van der Waals surface area contributed by atoms with E-state index in [9.17, 15) is 4.39 Å². The van der Waals surface area contributed by atoms with Crippen LogP contribution in [-0.4, -0.2) is 4.98 Å². The first kappa shape index (κ1) is 9.43. The average molecular weight is 229 g/mol. The first-order valence-electron chi connectivity index (χ1n) is 3.83. The molecule has 0 atom stereocenters. The van der Waals surface area contributed by atoms with E-state index in [-0.39, 0.29) is 5.82 Å². The van der Waals surface area contributed by atoms with Crippen LogP contribution in [0.2, 0.25) is 5.02 Å². The second-order valence-electron chi connectivity index (χ2n) is 2.70.